The number of rotatable bonds is 19. The number of nitrogens with one attached hydrogen (secondary N) is 4. The number of carbonyl (C=O) groups is 3. The summed E-state index contributed by atoms with van der Waals surface area (Å²) in [6.45, 7) is 8.97. The fourth-order valence-corrected chi connectivity index (χ4v) is 11.9. The number of ether oxygens (including phenoxy) is 2. The highest BCUT2D eigenvalue weighted by Gasteiger charge is 2.54. The smallest absolute Gasteiger partial charge is 0.258 e. The Morgan fingerprint density at radius 3 is 2.43 bits per heavy atom. The molecule has 15 nitrogen and oxygen atoms in total. The van der Waals surface area contributed by atoms with Gasteiger partial charge in [0.25, 0.3) is 5.91 Å². The molecule has 5 N–H and O–H groups in total. The Hall–Kier alpha value is -4.75. The maximum absolute atomic E-state index is 15.2. The SMILES string of the molecule is CNc1nc(Nc2ccc(OC3CCN(C[C@H]4CC[C@H](CSC(C)(C)C(NC(=O)C5(F)CC5)C(=O)N5C[C@H](O)C[C@H]5C(=O)NCc5ccc(-c6scnc6C)cc5)CC4)CC3)cc2OC)ncc1Cl. The van der Waals surface area contributed by atoms with Gasteiger partial charge in [0.15, 0.2) is 5.67 Å². The molecular formula is C50H65ClFN9O6S2. The Balaban J connectivity index is 0.799. The van der Waals surface area contributed by atoms with Crippen LogP contribution in [-0.4, -0.2) is 128 Å². The summed E-state index contributed by atoms with van der Waals surface area (Å²) >= 11 is 9.34. The molecule has 372 valence electrons. The maximum Gasteiger partial charge on any atom is 0.258 e. The lowest BCUT2D eigenvalue weighted by molar-refractivity contribution is -0.143. The van der Waals surface area contributed by atoms with E-state index in [-0.39, 0.29) is 44.4 Å². The van der Waals surface area contributed by atoms with Gasteiger partial charge >= 0.3 is 0 Å². The van der Waals surface area contributed by atoms with Gasteiger partial charge in [-0.3, -0.25) is 14.4 Å². The number of anilines is 3. The van der Waals surface area contributed by atoms with Crippen LogP contribution < -0.4 is 30.7 Å². The second-order valence-electron chi connectivity index (χ2n) is 19.5. The zero-order valence-electron chi connectivity index (χ0n) is 40.1. The summed E-state index contributed by atoms with van der Waals surface area (Å²) in [4.78, 5) is 59.5. The van der Waals surface area contributed by atoms with E-state index < -0.39 is 40.4 Å². The molecule has 69 heavy (non-hydrogen) atoms. The minimum atomic E-state index is -1.98. The van der Waals surface area contributed by atoms with Crippen LogP contribution in [0, 0.1) is 18.8 Å². The Morgan fingerprint density at radius 1 is 1.04 bits per heavy atom. The number of aliphatic hydroxyl groups excluding tert-OH is 1. The second-order valence-corrected chi connectivity index (χ2v) is 22.4. The number of amides is 3. The third-order valence-electron chi connectivity index (χ3n) is 14.0. The molecule has 4 aliphatic rings. The number of alkyl halides is 1. The van der Waals surface area contributed by atoms with Gasteiger partial charge in [0.1, 0.15) is 40.5 Å². The van der Waals surface area contributed by atoms with Crippen molar-refractivity contribution in [3.63, 3.8) is 0 Å². The van der Waals surface area contributed by atoms with E-state index in [0.717, 1.165) is 91.4 Å². The van der Waals surface area contributed by atoms with Crippen LogP contribution >= 0.6 is 34.7 Å². The first kappa shape index (κ1) is 50.6. The van der Waals surface area contributed by atoms with E-state index in [0.29, 0.717) is 40.1 Å². The zero-order valence-corrected chi connectivity index (χ0v) is 42.5. The number of methoxy groups -OCH3 is 1. The van der Waals surface area contributed by atoms with Gasteiger partial charge in [0.2, 0.25) is 17.8 Å². The number of aryl methyl sites for hydroxylation is 1. The summed E-state index contributed by atoms with van der Waals surface area (Å²) in [5.41, 5.74) is 3.43. The van der Waals surface area contributed by atoms with E-state index in [4.69, 9.17) is 21.1 Å². The number of thioether (sulfide) groups is 1. The van der Waals surface area contributed by atoms with Crippen LogP contribution in [0.4, 0.5) is 21.8 Å². The van der Waals surface area contributed by atoms with Crippen LogP contribution in [-0.2, 0) is 20.9 Å². The lowest BCUT2D eigenvalue weighted by atomic mass is 9.82. The summed E-state index contributed by atoms with van der Waals surface area (Å²) in [6, 6.07) is 11.6. The van der Waals surface area contributed by atoms with Crippen LogP contribution in [0.1, 0.15) is 82.9 Å². The summed E-state index contributed by atoms with van der Waals surface area (Å²) in [7, 11) is 3.36. The van der Waals surface area contributed by atoms with E-state index in [9.17, 15) is 19.5 Å². The fourth-order valence-electron chi connectivity index (χ4n) is 9.60. The summed E-state index contributed by atoms with van der Waals surface area (Å²) in [6.07, 6.45) is 7.25. The van der Waals surface area contributed by atoms with Crippen molar-refractivity contribution in [2.24, 2.45) is 11.8 Å². The molecule has 8 rings (SSSR count). The quantitative estimate of drug-likeness (QED) is 0.0615. The van der Waals surface area contributed by atoms with Gasteiger partial charge in [-0.05, 0) is 113 Å². The van der Waals surface area contributed by atoms with Crippen molar-refractivity contribution in [2.45, 2.75) is 120 Å². The Morgan fingerprint density at radius 2 is 1.77 bits per heavy atom. The first-order valence-electron chi connectivity index (χ1n) is 24.0. The van der Waals surface area contributed by atoms with Crippen molar-refractivity contribution >= 4 is 69.9 Å². The predicted molar refractivity (Wildman–Crippen MR) is 270 cm³/mol. The first-order valence-corrected chi connectivity index (χ1v) is 26.3. The lowest BCUT2D eigenvalue weighted by Crippen LogP contribution is -2.61. The van der Waals surface area contributed by atoms with Crippen LogP contribution in [0.2, 0.25) is 5.02 Å². The Labute approximate surface area is 417 Å². The van der Waals surface area contributed by atoms with Crippen LogP contribution in [0.5, 0.6) is 11.5 Å². The highest BCUT2D eigenvalue weighted by Crippen LogP contribution is 2.42. The number of aliphatic hydroxyl groups is 1. The number of benzene rings is 2. The highest BCUT2D eigenvalue weighted by atomic mass is 35.5. The number of likely N-dealkylation sites (tertiary alicyclic amines) is 2. The third kappa shape index (κ3) is 12.6. The molecule has 0 bridgehead atoms. The molecule has 2 aliphatic carbocycles. The van der Waals surface area contributed by atoms with Gasteiger partial charge in [-0.25, -0.2) is 14.4 Å². The van der Waals surface area contributed by atoms with Gasteiger partial charge in [-0.15, -0.1) is 11.3 Å². The van der Waals surface area contributed by atoms with E-state index >= 15 is 4.39 Å². The molecule has 2 saturated heterocycles. The average molecular weight is 1010 g/mol. The molecule has 2 saturated carbocycles. The molecule has 3 amide bonds. The number of aromatic nitrogens is 3. The number of carbonyl (C=O) groups excluding carboxylic acids is 3. The van der Waals surface area contributed by atoms with Crippen molar-refractivity contribution in [2.75, 3.05) is 56.7 Å². The van der Waals surface area contributed by atoms with Crippen LogP contribution in [0.3, 0.4) is 0 Å². The molecule has 2 aliphatic heterocycles. The maximum atomic E-state index is 15.2. The summed E-state index contributed by atoms with van der Waals surface area (Å²) in [5.74, 6) is 2.43. The number of nitrogens with zero attached hydrogens (tertiary/aromatic N) is 5. The van der Waals surface area contributed by atoms with Crippen LogP contribution in [0.25, 0.3) is 10.4 Å². The Kier molecular flexibility index (Phi) is 16.2. The number of hydrogen-bond acceptors (Lipinski definition) is 14. The molecule has 19 heteroatoms. The molecule has 2 aromatic heterocycles. The number of thiazole rings is 1. The largest absolute Gasteiger partial charge is 0.494 e. The lowest BCUT2D eigenvalue weighted by Gasteiger charge is -2.39. The topological polar surface area (TPSA) is 183 Å². The zero-order chi connectivity index (χ0) is 48.9. The molecule has 3 atom stereocenters. The molecule has 4 aromatic rings. The standard InChI is InChI=1S/C50H65ClFN9O6S2/c1-30-42(68-29-56-30)34-12-10-31(11-13-34)24-54-45(63)40-22-35(62)27-61(40)46(64)43(58-47(65)50(52)18-19-50)49(2,3)69-28-33-8-6-32(7-9-33)26-60-20-16-36(17-21-60)67-37-14-15-39(41(23-37)66-5)57-48-55-25-38(51)44(53-4)59-48/h10-15,23,25,29,32-33,35-36,40,43,62H,6-9,16-22,24,26-28H2,1-5H3,(H,54,63)(H,58,65)(H2,53,55,57,59)/t32-,33-,35-,40+,43?/m1/s1. The van der Waals surface area contributed by atoms with E-state index in [1.165, 1.54) is 11.1 Å². The average Bonchev–Trinajstić information content (AvgIpc) is 3.76. The van der Waals surface area contributed by atoms with Crippen molar-refractivity contribution in [3.8, 4) is 21.9 Å². The van der Waals surface area contributed by atoms with Gasteiger partial charge in [-0.2, -0.15) is 16.7 Å². The van der Waals surface area contributed by atoms with Crippen molar-refractivity contribution in [3.05, 3.63) is 70.5 Å². The summed E-state index contributed by atoms with van der Waals surface area (Å²) in [5, 5.41) is 23.1. The van der Waals surface area contributed by atoms with Gasteiger partial charge in [-0.1, -0.05) is 35.9 Å². The van der Waals surface area contributed by atoms with Crippen molar-refractivity contribution < 1.29 is 33.4 Å². The number of halogens is 2. The van der Waals surface area contributed by atoms with Gasteiger partial charge < -0.3 is 45.6 Å². The van der Waals surface area contributed by atoms with Gasteiger partial charge in [0.05, 0.1) is 41.2 Å². The van der Waals surface area contributed by atoms with Crippen molar-refractivity contribution in [1.29, 1.82) is 0 Å². The number of hydrogen-bond donors (Lipinski definition) is 5. The summed E-state index contributed by atoms with van der Waals surface area (Å²) < 4.78 is 26.4. The first-order chi connectivity index (χ1) is 33.1. The number of piperidine rings is 1. The molecule has 0 radical (unpaired) electrons. The molecule has 4 heterocycles. The molecular weight excluding hydrogens is 941 g/mol. The third-order valence-corrected chi connectivity index (χ3v) is 16.9. The molecule has 4 fully saturated rings. The fraction of sp³-hybridized carbons (Fsp3) is 0.560. The van der Waals surface area contributed by atoms with Crippen molar-refractivity contribution in [1.82, 2.24) is 35.4 Å². The monoisotopic (exact) mass is 1010 g/mol. The van der Waals surface area contributed by atoms with Crippen LogP contribution in [0.15, 0.2) is 54.2 Å². The minimum absolute atomic E-state index is 0.0509. The van der Waals surface area contributed by atoms with E-state index in [2.05, 4.69) is 41.1 Å². The van der Waals surface area contributed by atoms with E-state index in [1.54, 1.807) is 37.3 Å². The highest BCUT2D eigenvalue weighted by molar-refractivity contribution is 8.00. The second kappa shape index (κ2) is 22.1. The van der Waals surface area contributed by atoms with E-state index in [1.807, 2.05) is 68.7 Å². The predicted octanol–water partition coefficient (Wildman–Crippen LogP) is 7.78. The molecule has 1 unspecified atom stereocenters. The molecule has 2 aromatic carbocycles. The molecule has 0 spiro atoms. The minimum Gasteiger partial charge on any atom is -0.494 e. The van der Waals surface area contributed by atoms with Gasteiger partial charge in [0, 0.05) is 57.0 Å². The Bertz CT molecular complexity index is 2430. The number of β-amino-alcohol motifs (C(OH)–C–C–N with tert-alkyl or cyclic N) is 1. The normalized spacial score (nSPS) is 22.1.